The Balaban J connectivity index is 1.83. The van der Waals surface area contributed by atoms with Crippen molar-refractivity contribution in [3.63, 3.8) is 0 Å². The molecule has 0 atom stereocenters. The summed E-state index contributed by atoms with van der Waals surface area (Å²) in [6.45, 7) is 0. The number of rotatable bonds is 3. The molecular formula is C18H14N4OS. The Morgan fingerprint density at radius 1 is 1.00 bits per heavy atom. The van der Waals surface area contributed by atoms with E-state index in [0.29, 0.717) is 16.2 Å². The Kier molecular flexibility index (Phi) is 3.51. The predicted octanol–water partition coefficient (Wildman–Crippen LogP) is 3.58. The van der Waals surface area contributed by atoms with Crippen molar-refractivity contribution < 1.29 is 0 Å². The van der Waals surface area contributed by atoms with E-state index in [1.807, 2.05) is 66.7 Å². The third-order valence-corrected chi connectivity index (χ3v) is 4.76. The lowest BCUT2D eigenvalue weighted by atomic mass is 10.2. The van der Waals surface area contributed by atoms with Crippen LogP contribution in [0, 0.1) is 0 Å². The minimum Gasteiger partial charge on any atom is -0.333 e. The van der Waals surface area contributed by atoms with E-state index in [0.717, 1.165) is 20.8 Å². The maximum Gasteiger partial charge on any atom is 0.282 e. The number of nitrogens with one attached hydrogen (secondary N) is 1. The number of thiophene rings is 1. The highest BCUT2D eigenvalue weighted by Crippen LogP contribution is 2.31. The molecule has 0 saturated carbocycles. The lowest BCUT2D eigenvalue weighted by Crippen LogP contribution is -2.29. The van der Waals surface area contributed by atoms with Gasteiger partial charge in [-0.05, 0) is 23.8 Å². The first-order valence-corrected chi connectivity index (χ1v) is 8.23. The van der Waals surface area contributed by atoms with Gasteiger partial charge in [0.25, 0.3) is 5.56 Å². The summed E-state index contributed by atoms with van der Waals surface area (Å²) < 4.78 is 1.05. The number of fused-ring (bicyclic) bond motifs is 1. The van der Waals surface area contributed by atoms with E-state index in [-0.39, 0.29) is 5.56 Å². The van der Waals surface area contributed by atoms with Gasteiger partial charge in [0.2, 0.25) is 5.95 Å². The summed E-state index contributed by atoms with van der Waals surface area (Å²) in [5.41, 5.74) is 1.61. The van der Waals surface area contributed by atoms with Gasteiger partial charge in [-0.3, -0.25) is 4.79 Å². The number of nitrogen functional groups attached to an aromatic ring is 1. The highest BCUT2D eigenvalue weighted by Gasteiger charge is 2.13. The monoisotopic (exact) mass is 334 g/mol. The Labute approximate surface area is 142 Å². The standard InChI is InChI=1S/C18H14N4OS/c19-22-17(23)14-11-15(12-7-3-1-4-8-12)24-16(14)21-18(22)20-13-9-5-2-6-10-13/h1-11H,19H2,(H,20,21). The van der Waals surface area contributed by atoms with E-state index in [2.05, 4.69) is 10.3 Å². The number of nitrogens with two attached hydrogens (primary N) is 1. The Hall–Kier alpha value is -3.12. The first-order valence-electron chi connectivity index (χ1n) is 7.41. The van der Waals surface area contributed by atoms with Crippen LogP contribution in [0.3, 0.4) is 0 Å². The van der Waals surface area contributed by atoms with E-state index in [9.17, 15) is 4.79 Å². The smallest absolute Gasteiger partial charge is 0.282 e. The van der Waals surface area contributed by atoms with Gasteiger partial charge in [0.05, 0.1) is 5.39 Å². The molecule has 0 aliphatic rings. The fourth-order valence-corrected chi connectivity index (χ4v) is 3.50. The summed E-state index contributed by atoms with van der Waals surface area (Å²) in [4.78, 5) is 18.7. The third-order valence-electron chi connectivity index (χ3n) is 3.69. The van der Waals surface area contributed by atoms with E-state index >= 15 is 0 Å². The summed E-state index contributed by atoms with van der Waals surface area (Å²) in [5.74, 6) is 6.25. The highest BCUT2D eigenvalue weighted by atomic mass is 32.1. The van der Waals surface area contributed by atoms with Crippen molar-refractivity contribution in [3.05, 3.63) is 77.1 Å². The largest absolute Gasteiger partial charge is 0.333 e. The predicted molar refractivity (Wildman–Crippen MR) is 99.2 cm³/mol. The molecule has 0 spiro atoms. The summed E-state index contributed by atoms with van der Waals surface area (Å²) in [7, 11) is 0. The molecule has 2 heterocycles. The Morgan fingerprint density at radius 2 is 1.67 bits per heavy atom. The lowest BCUT2D eigenvalue weighted by Gasteiger charge is -2.09. The molecule has 0 radical (unpaired) electrons. The van der Waals surface area contributed by atoms with Gasteiger partial charge in [0.15, 0.2) is 0 Å². The molecule has 0 unspecified atom stereocenters. The number of anilines is 2. The average molecular weight is 334 g/mol. The van der Waals surface area contributed by atoms with Gasteiger partial charge in [-0.1, -0.05) is 48.5 Å². The minimum atomic E-state index is -0.267. The third kappa shape index (κ3) is 2.53. The van der Waals surface area contributed by atoms with E-state index in [4.69, 9.17) is 5.84 Å². The fraction of sp³-hybridized carbons (Fsp3) is 0. The molecule has 3 N–H and O–H groups in total. The number of para-hydroxylation sites is 1. The Morgan fingerprint density at radius 3 is 2.38 bits per heavy atom. The van der Waals surface area contributed by atoms with Crippen LogP contribution in [-0.4, -0.2) is 9.66 Å². The second kappa shape index (κ2) is 5.82. The zero-order valence-electron chi connectivity index (χ0n) is 12.6. The van der Waals surface area contributed by atoms with Gasteiger partial charge in [0.1, 0.15) is 4.83 Å². The molecule has 6 heteroatoms. The van der Waals surface area contributed by atoms with Gasteiger partial charge >= 0.3 is 0 Å². The van der Waals surface area contributed by atoms with Crippen LogP contribution in [0.4, 0.5) is 11.6 Å². The molecule has 24 heavy (non-hydrogen) atoms. The fourth-order valence-electron chi connectivity index (χ4n) is 2.48. The van der Waals surface area contributed by atoms with Crippen molar-refractivity contribution >= 4 is 33.2 Å². The van der Waals surface area contributed by atoms with Crippen molar-refractivity contribution in [1.82, 2.24) is 9.66 Å². The summed E-state index contributed by atoms with van der Waals surface area (Å²) in [5, 5.41) is 3.62. The topological polar surface area (TPSA) is 72.9 Å². The number of benzene rings is 2. The van der Waals surface area contributed by atoms with Crippen molar-refractivity contribution in [1.29, 1.82) is 0 Å². The van der Waals surface area contributed by atoms with Gasteiger partial charge in [0, 0.05) is 10.6 Å². The molecule has 4 aromatic rings. The molecule has 0 saturated heterocycles. The van der Waals surface area contributed by atoms with Crippen molar-refractivity contribution in [2.75, 3.05) is 11.2 Å². The van der Waals surface area contributed by atoms with Crippen LogP contribution < -0.4 is 16.7 Å². The molecule has 0 aliphatic heterocycles. The summed E-state index contributed by atoms with van der Waals surface area (Å²) in [6.07, 6.45) is 0. The maximum atomic E-state index is 12.5. The lowest BCUT2D eigenvalue weighted by molar-refractivity contribution is 0.929. The van der Waals surface area contributed by atoms with Crippen LogP contribution in [0.1, 0.15) is 0 Å². The van der Waals surface area contributed by atoms with Crippen LogP contribution in [0.15, 0.2) is 71.5 Å². The van der Waals surface area contributed by atoms with Crippen LogP contribution in [0.25, 0.3) is 20.7 Å². The maximum absolute atomic E-state index is 12.5. The summed E-state index contributed by atoms with van der Waals surface area (Å²) in [6, 6.07) is 21.3. The molecule has 118 valence electrons. The van der Waals surface area contributed by atoms with Crippen LogP contribution in [0.5, 0.6) is 0 Å². The van der Waals surface area contributed by atoms with Gasteiger partial charge in [-0.15, -0.1) is 11.3 Å². The minimum absolute atomic E-state index is 0.267. The van der Waals surface area contributed by atoms with Gasteiger partial charge < -0.3 is 11.2 Å². The van der Waals surface area contributed by atoms with Crippen LogP contribution in [-0.2, 0) is 0 Å². The zero-order chi connectivity index (χ0) is 16.5. The zero-order valence-corrected chi connectivity index (χ0v) is 13.5. The molecule has 0 bridgehead atoms. The van der Waals surface area contributed by atoms with Gasteiger partial charge in [-0.2, -0.15) is 4.68 Å². The first kappa shape index (κ1) is 14.5. The number of hydrogen-bond acceptors (Lipinski definition) is 5. The molecule has 0 fully saturated rings. The average Bonchev–Trinajstić information content (AvgIpc) is 3.05. The molecule has 5 nitrogen and oxygen atoms in total. The molecular weight excluding hydrogens is 320 g/mol. The quantitative estimate of drug-likeness (QED) is 0.562. The van der Waals surface area contributed by atoms with Crippen molar-refractivity contribution in [2.45, 2.75) is 0 Å². The van der Waals surface area contributed by atoms with Crippen LogP contribution >= 0.6 is 11.3 Å². The number of nitrogens with zero attached hydrogens (tertiary/aromatic N) is 2. The van der Waals surface area contributed by atoms with E-state index < -0.39 is 0 Å². The molecule has 2 aromatic heterocycles. The van der Waals surface area contributed by atoms with Crippen molar-refractivity contribution in [3.8, 4) is 10.4 Å². The molecule has 2 aromatic carbocycles. The molecule has 4 rings (SSSR count). The SMILES string of the molecule is Nn1c(Nc2ccccc2)nc2sc(-c3ccccc3)cc2c1=O. The summed E-state index contributed by atoms with van der Waals surface area (Å²) >= 11 is 1.48. The first-order chi connectivity index (χ1) is 11.7. The Bertz CT molecular complexity index is 1060. The second-order valence-electron chi connectivity index (χ2n) is 5.30. The van der Waals surface area contributed by atoms with Crippen molar-refractivity contribution in [2.24, 2.45) is 0 Å². The normalized spacial score (nSPS) is 10.8. The highest BCUT2D eigenvalue weighted by molar-refractivity contribution is 7.21. The number of hydrogen-bond donors (Lipinski definition) is 2. The van der Waals surface area contributed by atoms with E-state index in [1.54, 1.807) is 0 Å². The number of aromatic nitrogens is 2. The van der Waals surface area contributed by atoms with Gasteiger partial charge in [-0.25, -0.2) is 4.98 Å². The van der Waals surface area contributed by atoms with Crippen LogP contribution in [0.2, 0.25) is 0 Å². The molecule has 0 aliphatic carbocycles. The second-order valence-corrected chi connectivity index (χ2v) is 6.33. The molecule has 0 amide bonds. The van der Waals surface area contributed by atoms with E-state index in [1.165, 1.54) is 11.3 Å².